The number of urea groups is 1. The lowest BCUT2D eigenvalue weighted by Gasteiger charge is -2.34. The third-order valence-electron chi connectivity index (χ3n) is 4.01. The first-order chi connectivity index (χ1) is 8.98. The van der Waals surface area contributed by atoms with Gasteiger partial charge in [0.15, 0.2) is 0 Å². The second-order valence-corrected chi connectivity index (χ2v) is 6.25. The van der Waals surface area contributed by atoms with Crippen LogP contribution in [0.2, 0.25) is 0 Å². The fraction of sp³-hybridized carbons (Fsp3) is 0.800. The molecule has 0 heterocycles. The van der Waals surface area contributed by atoms with Crippen molar-refractivity contribution < 1.29 is 9.90 Å². The lowest BCUT2D eigenvalue weighted by Crippen LogP contribution is -2.43. The normalized spacial score (nSPS) is 18.9. The van der Waals surface area contributed by atoms with Crippen LogP contribution >= 0.6 is 0 Å². The van der Waals surface area contributed by atoms with E-state index in [1.807, 2.05) is 0 Å². The number of amides is 2. The number of nitrogens with one attached hydrogen (secondary N) is 1. The Morgan fingerprint density at radius 2 is 2.11 bits per heavy atom. The third-order valence-corrected chi connectivity index (χ3v) is 4.01. The molecule has 0 atom stereocenters. The zero-order valence-corrected chi connectivity index (χ0v) is 12.3. The summed E-state index contributed by atoms with van der Waals surface area (Å²) in [5.74, 6) is 0.594. The molecule has 0 aromatic rings. The lowest BCUT2D eigenvalue weighted by atomic mass is 9.73. The number of rotatable bonds is 6. The largest absolute Gasteiger partial charge is 0.395 e. The number of nitrogens with zero attached hydrogens (tertiary/aromatic N) is 1. The van der Waals surface area contributed by atoms with Crippen molar-refractivity contribution in [2.24, 2.45) is 11.3 Å². The zero-order valence-electron chi connectivity index (χ0n) is 12.3. The first-order valence-electron chi connectivity index (χ1n) is 7.23. The van der Waals surface area contributed by atoms with Gasteiger partial charge in [0, 0.05) is 19.6 Å². The summed E-state index contributed by atoms with van der Waals surface area (Å²) in [5.41, 5.74) is 0.465. The van der Waals surface area contributed by atoms with E-state index in [-0.39, 0.29) is 12.6 Å². The molecule has 0 bridgehead atoms. The quantitative estimate of drug-likeness (QED) is 0.727. The molecule has 19 heavy (non-hydrogen) atoms. The van der Waals surface area contributed by atoms with E-state index >= 15 is 0 Å². The van der Waals surface area contributed by atoms with Gasteiger partial charge in [0.05, 0.1) is 6.61 Å². The van der Waals surface area contributed by atoms with Crippen LogP contribution in [0.15, 0.2) is 12.7 Å². The summed E-state index contributed by atoms with van der Waals surface area (Å²) in [4.78, 5) is 13.5. The van der Waals surface area contributed by atoms with Crippen LogP contribution in [0.4, 0.5) is 4.79 Å². The molecule has 1 fully saturated rings. The van der Waals surface area contributed by atoms with Gasteiger partial charge < -0.3 is 15.3 Å². The maximum atomic E-state index is 11.9. The molecule has 1 rings (SSSR count). The molecule has 1 saturated carbocycles. The van der Waals surface area contributed by atoms with Gasteiger partial charge in [0.25, 0.3) is 0 Å². The summed E-state index contributed by atoms with van der Waals surface area (Å²) in [6, 6.07) is -0.0983. The molecule has 1 aliphatic rings. The average molecular weight is 268 g/mol. The Balaban J connectivity index is 2.31. The smallest absolute Gasteiger partial charge is 0.317 e. The average Bonchev–Trinajstić information content (AvgIpc) is 2.37. The summed E-state index contributed by atoms with van der Waals surface area (Å²) in [6.45, 7) is 9.82. The highest BCUT2D eigenvalue weighted by atomic mass is 16.3. The van der Waals surface area contributed by atoms with Gasteiger partial charge in [-0.25, -0.2) is 4.79 Å². The van der Waals surface area contributed by atoms with Crippen molar-refractivity contribution in [1.29, 1.82) is 0 Å². The van der Waals surface area contributed by atoms with Crippen LogP contribution in [-0.4, -0.2) is 42.3 Å². The van der Waals surface area contributed by atoms with Gasteiger partial charge in [-0.2, -0.15) is 0 Å². The van der Waals surface area contributed by atoms with Gasteiger partial charge in [-0.15, -0.1) is 6.58 Å². The van der Waals surface area contributed by atoms with Gasteiger partial charge in [-0.3, -0.25) is 0 Å². The van der Waals surface area contributed by atoms with Crippen LogP contribution in [-0.2, 0) is 0 Å². The molecule has 4 heteroatoms. The van der Waals surface area contributed by atoms with E-state index in [0.29, 0.717) is 24.4 Å². The predicted octanol–water partition coefficient (Wildman–Crippen LogP) is 2.39. The van der Waals surface area contributed by atoms with E-state index in [2.05, 4.69) is 25.7 Å². The van der Waals surface area contributed by atoms with Gasteiger partial charge in [0.1, 0.15) is 0 Å². The summed E-state index contributed by atoms with van der Waals surface area (Å²) >= 11 is 0. The van der Waals surface area contributed by atoms with Crippen LogP contribution in [0.25, 0.3) is 0 Å². The Morgan fingerprint density at radius 3 is 2.63 bits per heavy atom. The third kappa shape index (κ3) is 5.64. The van der Waals surface area contributed by atoms with Crippen molar-refractivity contribution in [3.63, 3.8) is 0 Å². The first kappa shape index (κ1) is 16.0. The van der Waals surface area contributed by atoms with Gasteiger partial charge in [-0.05, 0) is 37.0 Å². The van der Waals surface area contributed by atoms with Gasteiger partial charge >= 0.3 is 6.03 Å². The molecule has 0 unspecified atom stereocenters. The van der Waals surface area contributed by atoms with E-state index in [1.54, 1.807) is 11.0 Å². The van der Waals surface area contributed by atoms with Crippen LogP contribution in [0, 0.1) is 11.3 Å². The number of aliphatic hydroxyl groups excluding tert-OH is 1. The van der Waals surface area contributed by atoms with Gasteiger partial charge in [0.2, 0.25) is 0 Å². The fourth-order valence-corrected chi connectivity index (χ4v) is 2.56. The van der Waals surface area contributed by atoms with Crippen molar-refractivity contribution in [1.82, 2.24) is 10.2 Å². The van der Waals surface area contributed by atoms with Crippen molar-refractivity contribution in [2.45, 2.75) is 39.5 Å². The molecule has 4 nitrogen and oxygen atoms in total. The van der Waals surface area contributed by atoms with Crippen molar-refractivity contribution >= 4 is 6.03 Å². The Bertz CT molecular complexity index is 293. The number of hydrogen-bond donors (Lipinski definition) is 2. The SMILES string of the molecule is C=CCN(CCO)C(=O)NCC1CCC(C)(C)CC1. The van der Waals surface area contributed by atoms with E-state index in [1.165, 1.54) is 25.7 Å². The van der Waals surface area contributed by atoms with Crippen molar-refractivity contribution in [3.8, 4) is 0 Å². The monoisotopic (exact) mass is 268 g/mol. The Hall–Kier alpha value is -1.03. The van der Waals surface area contributed by atoms with Gasteiger partial charge in [-0.1, -0.05) is 19.9 Å². The maximum Gasteiger partial charge on any atom is 0.317 e. The summed E-state index contributed by atoms with van der Waals surface area (Å²) in [7, 11) is 0. The molecule has 0 saturated heterocycles. The molecule has 0 aliphatic heterocycles. The molecular formula is C15H28N2O2. The van der Waals surface area contributed by atoms with E-state index in [9.17, 15) is 4.79 Å². The minimum atomic E-state index is -0.0983. The number of hydrogen-bond acceptors (Lipinski definition) is 2. The summed E-state index contributed by atoms with van der Waals surface area (Å²) in [5, 5.41) is 11.9. The molecule has 0 aromatic carbocycles. The Labute approximate surface area is 116 Å². The Morgan fingerprint density at radius 1 is 1.47 bits per heavy atom. The van der Waals surface area contributed by atoms with Crippen LogP contribution in [0.3, 0.4) is 0 Å². The highest BCUT2D eigenvalue weighted by Crippen LogP contribution is 2.37. The number of carbonyl (C=O) groups is 1. The molecule has 2 N–H and O–H groups in total. The molecule has 110 valence electrons. The highest BCUT2D eigenvalue weighted by Gasteiger charge is 2.27. The molecule has 0 spiro atoms. The lowest BCUT2D eigenvalue weighted by molar-refractivity contribution is 0.170. The fourth-order valence-electron chi connectivity index (χ4n) is 2.56. The van der Waals surface area contributed by atoms with E-state index < -0.39 is 0 Å². The molecule has 0 radical (unpaired) electrons. The number of carbonyl (C=O) groups excluding carboxylic acids is 1. The molecule has 2 amide bonds. The highest BCUT2D eigenvalue weighted by molar-refractivity contribution is 5.74. The molecular weight excluding hydrogens is 240 g/mol. The number of aliphatic hydroxyl groups is 1. The summed E-state index contributed by atoms with van der Waals surface area (Å²) in [6.07, 6.45) is 6.53. The first-order valence-corrected chi connectivity index (χ1v) is 7.23. The van der Waals surface area contributed by atoms with Crippen molar-refractivity contribution in [3.05, 3.63) is 12.7 Å². The predicted molar refractivity (Wildman–Crippen MR) is 78.0 cm³/mol. The maximum absolute atomic E-state index is 11.9. The molecule has 0 aromatic heterocycles. The molecule has 1 aliphatic carbocycles. The van der Waals surface area contributed by atoms with Crippen LogP contribution in [0.5, 0.6) is 0 Å². The Kier molecular flexibility index (Phi) is 6.35. The van der Waals surface area contributed by atoms with Crippen LogP contribution in [0.1, 0.15) is 39.5 Å². The second kappa shape index (κ2) is 7.53. The van der Waals surface area contributed by atoms with E-state index in [4.69, 9.17) is 5.11 Å². The van der Waals surface area contributed by atoms with Crippen LogP contribution < -0.4 is 5.32 Å². The van der Waals surface area contributed by atoms with Crippen molar-refractivity contribution in [2.75, 3.05) is 26.2 Å². The summed E-state index contributed by atoms with van der Waals surface area (Å²) < 4.78 is 0. The topological polar surface area (TPSA) is 52.6 Å². The second-order valence-electron chi connectivity index (χ2n) is 6.25. The standard InChI is InChI=1S/C15H28N2O2/c1-4-9-17(10-11-18)14(19)16-12-13-5-7-15(2,3)8-6-13/h4,13,18H,1,5-12H2,2-3H3,(H,16,19). The zero-order chi connectivity index (χ0) is 14.3. The van der Waals surface area contributed by atoms with E-state index in [0.717, 1.165) is 6.54 Å². The minimum Gasteiger partial charge on any atom is -0.395 e. The minimum absolute atomic E-state index is 0.0150.